The number of carbonyl (C=O) groups is 1. The molecule has 1 aromatic heterocycles. The van der Waals surface area contributed by atoms with E-state index in [1.165, 1.54) is 11.3 Å². The average molecular weight is 585 g/mol. The molecule has 1 aliphatic rings. The predicted molar refractivity (Wildman–Crippen MR) is 162 cm³/mol. The SMILES string of the molecule is CCOC(=O)C1=C(C)N=c2s/c(=C\c3ccc(OCc4ccccc4)c(OC)c3)c(=O)n2[C@@H]1c1ccc(OCC)cc1. The van der Waals surface area contributed by atoms with Gasteiger partial charge in [0.05, 0.1) is 42.2 Å². The van der Waals surface area contributed by atoms with Crippen LogP contribution in [0, 0.1) is 0 Å². The number of carbonyl (C=O) groups excluding carboxylic acids is 1. The molecule has 8 nitrogen and oxygen atoms in total. The van der Waals surface area contributed by atoms with Crippen molar-refractivity contribution in [3.63, 3.8) is 0 Å². The van der Waals surface area contributed by atoms with Crippen molar-refractivity contribution in [3.8, 4) is 17.2 Å². The summed E-state index contributed by atoms with van der Waals surface area (Å²) in [6, 6.07) is 22.1. The lowest BCUT2D eigenvalue weighted by atomic mass is 9.96. The van der Waals surface area contributed by atoms with Gasteiger partial charge >= 0.3 is 5.97 Å². The molecule has 1 atom stereocenters. The van der Waals surface area contributed by atoms with E-state index in [1.54, 1.807) is 31.6 Å². The Morgan fingerprint density at radius 2 is 1.74 bits per heavy atom. The second-order valence-electron chi connectivity index (χ2n) is 9.49. The smallest absolute Gasteiger partial charge is 0.338 e. The monoisotopic (exact) mass is 584 g/mol. The third-order valence-corrected chi connectivity index (χ3v) is 7.73. The van der Waals surface area contributed by atoms with Gasteiger partial charge in [0.15, 0.2) is 16.3 Å². The van der Waals surface area contributed by atoms with Gasteiger partial charge in [0.1, 0.15) is 12.4 Å². The summed E-state index contributed by atoms with van der Waals surface area (Å²) in [5, 5.41) is 0. The Balaban J connectivity index is 1.54. The summed E-state index contributed by atoms with van der Waals surface area (Å²) < 4.78 is 24.6. The van der Waals surface area contributed by atoms with Crippen LogP contribution in [0.3, 0.4) is 0 Å². The Kier molecular flexibility index (Phi) is 8.88. The lowest BCUT2D eigenvalue weighted by Crippen LogP contribution is -2.39. The van der Waals surface area contributed by atoms with E-state index in [1.807, 2.05) is 79.7 Å². The molecule has 42 heavy (non-hydrogen) atoms. The van der Waals surface area contributed by atoms with E-state index in [-0.39, 0.29) is 12.2 Å². The maximum atomic E-state index is 13.9. The number of allylic oxidation sites excluding steroid dienone is 1. The van der Waals surface area contributed by atoms with Gasteiger partial charge in [-0.15, -0.1) is 0 Å². The Hall–Kier alpha value is -4.63. The van der Waals surface area contributed by atoms with Crippen molar-refractivity contribution >= 4 is 23.4 Å². The lowest BCUT2D eigenvalue weighted by Gasteiger charge is -2.24. The van der Waals surface area contributed by atoms with Crippen LogP contribution < -0.4 is 29.1 Å². The number of aromatic nitrogens is 1. The first-order chi connectivity index (χ1) is 20.4. The molecule has 0 N–H and O–H groups in total. The topological polar surface area (TPSA) is 88.4 Å². The third kappa shape index (κ3) is 6.01. The molecule has 0 saturated heterocycles. The molecule has 5 rings (SSSR count). The molecular formula is C33H32N2O6S. The van der Waals surface area contributed by atoms with Crippen molar-refractivity contribution in [1.82, 2.24) is 4.57 Å². The maximum Gasteiger partial charge on any atom is 0.338 e. The van der Waals surface area contributed by atoms with Crippen LogP contribution in [-0.2, 0) is 16.1 Å². The molecule has 4 aromatic rings. The number of nitrogens with zero attached hydrogens (tertiary/aromatic N) is 2. The lowest BCUT2D eigenvalue weighted by molar-refractivity contribution is -0.139. The number of benzene rings is 3. The average Bonchev–Trinajstić information content (AvgIpc) is 3.30. The molecule has 0 amide bonds. The van der Waals surface area contributed by atoms with E-state index < -0.39 is 12.0 Å². The second-order valence-corrected chi connectivity index (χ2v) is 10.5. The number of fused-ring (bicyclic) bond motifs is 1. The van der Waals surface area contributed by atoms with Gasteiger partial charge in [-0.2, -0.15) is 0 Å². The number of esters is 1. The van der Waals surface area contributed by atoms with Crippen molar-refractivity contribution in [2.24, 2.45) is 4.99 Å². The molecular weight excluding hydrogens is 552 g/mol. The zero-order valence-electron chi connectivity index (χ0n) is 24.0. The van der Waals surface area contributed by atoms with E-state index in [0.29, 0.717) is 51.1 Å². The van der Waals surface area contributed by atoms with E-state index in [9.17, 15) is 9.59 Å². The molecule has 0 fully saturated rings. The first-order valence-electron chi connectivity index (χ1n) is 13.7. The van der Waals surface area contributed by atoms with Crippen LogP contribution in [0.25, 0.3) is 6.08 Å². The summed E-state index contributed by atoms with van der Waals surface area (Å²) >= 11 is 1.27. The molecule has 0 saturated carbocycles. The molecule has 1 aliphatic heterocycles. The van der Waals surface area contributed by atoms with Gasteiger partial charge in [0.25, 0.3) is 5.56 Å². The Morgan fingerprint density at radius 1 is 0.976 bits per heavy atom. The first kappa shape index (κ1) is 28.9. The molecule has 0 radical (unpaired) electrons. The van der Waals surface area contributed by atoms with E-state index in [2.05, 4.69) is 4.99 Å². The Labute approximate surface area is 247 Å². The maximum absolute atomic E-state index is 13.9. The van der Waals surface area contributed by atoms with Crippen LogP contribution in [0.15, 0.2) is 93.9 Å². The zero-order chi connectivity index (χ0) is 29.6. The van der Waals surface area contributed by atoms with Crippen molar-refractivity contribution < 1.29 is 23.7 Å². The number of methoxy groups -OCH3 is 1. The first-order valence-corrected chi connectivity index (χ1v) is 14.5. The number of ether oxygens (including phenoxy) is 4. The summed E-state index contributed by atoms with van der Waals surface area (Å²) in [4.78, 5) is 32.2. The molecule has 9 heteroatoms. The summed E-state index contributed by atoms with van der Waals surface area (Å²) in [6.07, 6.45) is 1.80. The zero-order valence-corrected chi connectivity index (χ0v) is 24.8. The number of hydrogen-bond donors (Lipinski definition) is 0. The van der Waals surface area contributed by atoms with Gasteiger partial charge < -0.3 is 18.9 Å². The minimum Gasteiger partial charge on any atom is -0.494 e. The molecule has 0 aliphatic carbocycles. The summed E-state index contributed by atoms with van der Waals surface area (Å²) in [5.41, 5.74) is 3.16. The van der Waals surface area contributed by atoms with Gasteiger partial charge in [0.2, 0.25) is 0 Å². The molecule has 216 valence electrons. The van der Waals surface area contributed by atoms with E-state index >= 15 is 0 Å². The largest absolute Gasteiger partial charge is 0.494 e. The normalized spacial score (nSPS) is 14.7. The number of rotatable bonds is 10. The van der Waals surface area contributed by atoms with Crippen LogP contribution in [0.1, 0.15) is 43.5 Å². The van der Waals surface area contributed by atoms with Crippen LogP contribution in [-0.4, -0.2) is 30.9 Å². The molecule has 3 aromatic carbocycles. The van der Waals surface area contributed by atoms with Gasteiger partial charge in [-0.25, -0.2) is 9.79 Å². The quantitative estimate of drug-likeness (QED) is 0.249. The predicted octanol–water partition coefficient (Wildman–Crippen LogP) is 4.78. The van der Waals surface area contributed by atoms with Crippen molar-refractivity contribution in [3.05, 3.63) is 120 Å². The highest BCUT2D eigenvalue weighted by Crippen LogP contribution is 2.32. The van der Waals surface area contributed by atoms with Crippen molar-refractivity contribution in [2.75, 3.05) is 20.3 Å². The van der Waals surface area contributed by atoms with Gasteiger partial charge in [-0.1, -0.05) is 59.9 Å². The van der Waals surface area contributed by atoms with Crippen molar-refractivity contribution in [1.29, 1.82) is 0 Å². The highest BCUT2D eigenvalue weighted by molar-refractivity contribution is 7.07. The fourth-order valence-corrected chi connectivity index (χ4v) is 5.85. The van der Waals surface area contributed by atoms with E-state index in [0.717, 1.165) is 16.7 Å². The highest BCUT2D eigenvalue weighted by atomic mass is 32.1. The molecule has 0 bridgehead atoms. The van der Waals surface area contributed by atoms with Crippen molar-refractivity contribution in [2.45, 2.75) is 33.4 Å². The Bertz CT molecular complexity index is 1790. The summed E-state index contributed by atoms with van der Waals surface area (Å²) in [5.74, 6) is 1.37. The Morgan fingerprint density at radius 3 is 2.43 bits per heavy atom. The third-order valence-electron chi connectivity index (χ3n) is 6.75. The summed E-state index contributed by atoms with van der Waals surface area (Å²) in [6.45, 7) is 6.58. The van der Waals surface area contributed by atoms with Crippen LogP contribution in [0.2, 0.25) is 0 Å². The minimum absolute atomic E-state index is 0.211. The second kappa shape index (κ2) is 12.9. The minimum atomic E-state index is -0.693. The summed E-state index contributed by atoms with van der Waals surface area (Å²) in [7, 11) is 1.58. The van der Waals surface area contributed by atoms with Crippen LogP contribution >= 0.6 is 11.3 Å². The molecule has 2 heterocycles. The standard InChI is InChI=1S/C33H32N2O6S/c1-5-39-25-15-13-24(14-16-25)30-29(32(37)40-6-2)21(3)34-33-35(30)31(36)28(42-33)19-23-12-17-26(27(18-23)38-4)41-20-22-10-8-7-9-11-22/h7-19,30H,5-6,20H2,1-4H3/b28-19-/t30-/m1/s1. The molecule has 0 unspecified atom stereocenters. The van der Waals surface area contributed by atoms with Gasteiger partial charge in [0, 0.05) is 0 Å². The van der Waals surface area contributed by atoms with Crippen LogP contribution in [0.4, 0.5) is 0 Å². The van der Waals surface area contributed by atoms with Crippen LogP contribution in [0.5, 0.6) is 17.2 Å². The fraction of sp³-hybridized carbons (Fsp3) is 0.242. The fourth-order valence-electron chi connectivity index (χ4n) is 4.80. The number of hydrogen-bond acceptors (Lipinski definition) is 8. The molecule has 0 spiro atoms. The highest BCUT2D eigenvalue weighted by Gasteiger charge is 2.33. The van der Waals surface area contributed by atoms with E-state index in [4.69, 9.17) is 18.9 Å². The van der Waals surface area contributed by atoms with Gasteiger partial charge in [-0.05, 0) is 67.8 Å². The number of thiazole rings is 1. The van der Waals surface area contributed by atoms with Gasteiger partial charge in [-0.3, -0.25) is 9.36 Å².